The van der Waals surface area contributed by atoms with Crippen LogP contribution in [0.3, 0.4) is 0 Å². The normalized spacial score (nSPS) is 13.1. The molecule has 0 fully saturated rings. The maximum absolute atomic E-state index is 11.4. The van der Waals surface area contributed by atoms with Crippen LogP contribution in [0.2, 0.25) is 0 Å². The van der Waals surface area contributed by atoms with Crippen molar-refractivity contribution >= 4 is 21.7 Å². The van der Waals surface area contributed by atoms with E-state index in [1.165, 1.54) is 7.11 Å². The van der Waals surface area contributed by atoms with E-state index in [4.69, 9.17) is 5.11 Å². The standard InChI is InChI=1S/C8H15NO6S/c1-6(10)9-7(8(11)12)5-16(13,14)4-3-15-2/h7H,3-5H2,1-2H3,(H,9,10)(H,11,12)/t7-/m0/s1. The zero-order valence-electron chi connectivity index (χ0n) is 9.10. The van der Waals surface area contributed by atoms with Crippen LogP contribution in [-0.4, -0.2) is 56.7 Å². The van der Waals surface area contributed by atoms with Gasteiger partial charge < -0.3 is 15.2 Å². The number of carbonyl (C=O) groups is 2. The summed E-state index contributed by atoms with van der Waals surface area (Å²) in [5.41, 5.74) is 0. The van der Waals surface area contributed by atoms with Crippen LogP contribution in [0.5, 0.6) is 0 Å². The van der Waals surface area contributed by atoms with Gasteiger partial charge in [0.2, 0.25) is 5.91 Å². The van der Waals surface area contributed by atoms with Gasteiger partial charge in [0.1, 0.15) is 6.04 Å². The van der Waals surface area contributed by atoms with E-state index in [1.807, 2.05) is 0 Å². The van der Waals surface area contributed by atoms with Gasteiger partial charge in [-0.15, -0.1) is 0 Å². The number of ether oxygens (including phenoxy) is 1. The number of hydrogen-bond donors (Lipinski definition) is 2. The summed E-state index contributed by atoms with van der Waals surface area (Å²) in [5, 5.41) is 10.8. The lowest BCUT2D eigenvalue weighted by Gasteiger charge is -2.13. The number of hydrogen-bond acceptors (Lipinski definition) is 5. The molecule has 1 atom stereocenters. The molecule has 0 aliphatic rings. The van der Waals surface area contributed by atoms with Gasteiger partial charge in [-0.3, -0.25) is 4.79 Å². The lowest BCUT2D eigenvalue weighted by molar-refractivity contribution is -0.140. The Balaban J connectivity index is 4.50. The molecule has 0 rings (SSSR count). The van der Waals surface area contributed by atoms with Gasteiger partial charge in [0.25, 0.3) is 0 Å². The average molecular weight is 253 g/mol. The van der Waals surface area contributed by atoms with E-state index in [1.54, 1.807) is 0 Å². The Bertz CT molecular complexity index is 350. The molecule has 0 aliphatic heterocycles. The highest BCUT2D eigenvalue weighted by Gasteiger charge is 2.25. The summed E-state index contributed by atoms with van der Waals surface area (Å²) in [6.45, 7) is 1.12. The van der Waals surface area contributed by atoms with Gasteiger partial charge in [-0.1, -0.05) is 0 Å². The van der Waals surface area contributed by atoms with Gasteiger partial charge in [-0.2, -0.15) is 0 Å². The quantitative estimate of drug-likeness (QED) is 0.579. The number of sulfone groups is 1. The number of carbonyl (C=O) groups excluding carboxylic acids is 1. The summed E-state index contributed by atoms with van der Waals surface area (Å²) in [6, 6.07) is -1.42. The molecule has 0 spiro atoms. The van der Waals surface area contributed by atoms with E-state index in [-0.39, 0.29) is 12.4 Å². The molecule has 0 aromatic rings. The first-order chi connectivity index (χ1) is 7.28. The van der Waals surface area contributed by atoms with E-state index in [9.17, 15) is 18.0 Å². The van der Waals surface area contributed by atoms with Crippen molar-refractivity contribution in [3.8, 4) is 0 Å². The molecule has 2 N–H and O–H groups in total. The Labute approximate surface area is 93.7 Å². The third-order valence-electron chi connectivity index (χ3n) is 1.69. The molecule has 0 bridgehead atoms. The minimum Gasteiger partial charge on any atom is -0.480 e. The van der Waals surface area contributed by atoms with Gasteiger partial charge in [-0.25, -0.2) is 13.2 Å². The van der Waals surface area contributed by atoms with Crippen LogP contribution in [0.1, 0.15) is 6.92 Å². The maximum atomic E-state index is 11.4. The molecule has 0 heterocycles. The monoisotopic (exact) mass is 253 g/mol. The van der Waals surface area contributed by atoms with Crippen molar-refractivity contribution in [1.29, 1.82) is 0 Å². The molecule has 16 heavy (non-hydrogen) atoms. The lowest BCUT2D eigenvalue weighted by Crippen LogP contribution is -2.45. The van der Waals surface area contributed by atoms with Crippen LogP contribution in [0.25, 0.3) is 0 Å². The fourth-order valence-corrected chi connectivity index (χ4v) is 2.29. The SMILES string of the molecule is COCCS(=O)(=O)C[C@H](NC(C)=O)C(=O)O. The van der Waals surface area contributed by atoms with Crippen LogP contribution >= 0.6 is 0 Å². The summed E-state index contributed by atoms with van der Waals surface area (Å²) in [5.74, 6) is -2.87. The van der Waals surface area contributed by atoms with Crippen molar-refractivity contribution in [3.63, 3.8) is 0 Å². The van der Waals surface area contributed by atoms with Crippen LogP contribution < -0.4 is 5.32 Å². The second-order valence-corrected chi connectivity index (χ2v) is 5.43. The fourth-order valence-electron chi connectivity index (χ4n) is 0.968. The number of carboxylic acids is 1. The van der Waals surface area contributed by atoms with Crippen molar-refractivity contribution in [1.82, 2.24) is 5.32 Å². The van der Waals surface area contributed by atoms with Gasteiger partial charge >= 0.3 is 5.97 Å². The third kappa shape index (κ3) is 6.36. The highest BCUT2D eigenvalue weighted by Crippen LogP contribution is 1.96. The highest BCUT2D eigenvalue weighted by atomic mass is 32.2. The van der Waals surface area contributed by atoms with Crippen LogP contribution in [0, 0.1) is 0 Å². The molecule has 0 aromatic heterocycles. The second-order valence-electron chi connectivity index (χ2n) is 3.20. The molecular formula is C8H15NO6S. The minimum absolute atomic E-state index is 0.00521. The Morgan fingerprint density at radius 3 is 2.38 bits per heavy atom. The molecule has 0 saturated heterocycles. The van der Waals surface area contributed by atoms with Crippen molar-refractivity contribution in [2.24, 2.45) is 0 Å². The highest BCUT2D eigenvalue weighted by molar-refractivity contribution is 7.91. The molecule has 0 radical (unpaired) electrons. The molecule has 8 heteroatoms. The molecule has 1 amide bonds. The number of nitrogens with one attached hydrogen (secondary N) is 1. The third-order valence-corrected chi connectivity index (χ3v) is 3.32. The number of carboxylic acid groups (broad SMARTS) is 1. The first kappa shape index (κ1) is 14.8. The molecule has 0 aromatic carbocycles. The van der Waals surface area contributed by atoms with Crippen LogP contribution in [0.15, 0.2) is 0 Å². The van der Waals surface area contributed by atoms with E-state index >= 15 is 0 Å². The summed E-state index contributed by atoms with van der Waals surface area (Å²) >= 11 is 0. The fraction of sp³-hybridized carbons (Fsp3) is 0.750. The van der Waals surface area contributed by atoms with Crippen molar-refractivity contribution in [2.45, 2.75) is 13.0 Å². The predicted molar refractivity (Wildman–Crippen MR) is 55.8 cm³/mol. The van der Waals surface area contributed by atoms with Gasteiger partial charge in [0.15, 0.2) is 9.84 Å². The largest absolute Gasteiger partial charge is 0.480 e. The smallest absolute Gasteiger partial charge is 0.327 e. The molecule has 0 unspecified atom stereocenters. The number of methoxy groups -OCH3 is 1. The van der Waals surface area contributed by atoms with Crippen molar-refractivity contribution < 1.29 is 27.9 Å². The number of rotatable bonds is 7. The first-order valence-electron chi connectivity index (χ1n) is 4.48. The number of amides is 1. The molecular weight excluding hydrogens is 238 g/mol. The Hall–Kier alpha value is -1.15. The maximum Gasteiger partial charge on any atom is 0.327 e. The Kier molecular flexibility index (Phi) is 5.97. The zero-order chi connectivity index (χ0) is 12.8. The van der Waals surface area contributed by atoms with E-state index in [2.05, 4.69) is 10.1 Å². The molecule has 0 aliphatic carbocycles. The van der Waals surface area contributed by atoms with Gasteiger partial charge in [-0.05, 0) is 0 Å². The Morgan fingerprint density at radius 2 is 2.00 bits per heavy atom. The summed E-state index contributed by atoms with van der Waals surface area (Å²) in [4.78, 5) is 21.3. The van der Waals surface area contributed by atoms with Crippen molar-refractivity contribution in [2.75, 3.05) is 25.2 Å². The van der Waals surface area contributed by atoms with Gasteiger partial charge in [0.05, 0.1) is 18.1 Å². The zero-order valence-corrected chi connectivity index (χ0v) is 9.91. The predicted octanol–water partition coefficient (Wildman–Crippen LogP) is -1.36. The average Bonchev–Trinajstić information content (AvgIpc) is 2.12. The summed E-state index contributed by atoms with van der Waals surface area (Å²) in [6.07, 6.45) is 0. The van der Waals surface area contributed by atoms with E-state index < -0.39 is 33.5 Å². The topological polar surface area (TPSA) is 110 Å². The van der Waals surface area contributed by atoms with E-state index in [0.717, 1.165) is 6.92 Å². The number of aliphatic carboxylic acids is 1. The molecule has 0 saturated carbocycles. The van der Waals surface area contributed by atoms with Crippen LogP contribution in [-0.2, 0) is 24.2 Å². The Morgan fingerprint density at radius 1 is 1.44 bits per heavy atom. The lowest BCUT2D eigenvalue weighted by atomic mass is 10.3. The summed E-state index contributed by atoms with van der Waals surface area (Å²) in [7, 11) is -2.21. The van der Waals surface area contributed by atoms with Crippen LogP contribution in [0.4, 0.5) is 0 Å². The minimum atomic E-state index is -3.55. The molecule has 94 valence electrons. The second kappa shape index (κ2) is 6.44. The first-order valence-corrected chi connectivity index (χ1v) is 6.30. The molecule has 7 nitrogen and oxygen atoms in total. The van der Waals surface area contributed by atoms with Crippen molar-refractivity contribution in [3.05, 3.63) is 0 Å². The summed E-state index contributed by atoms with van der Waals surface area (Å²) < 4.78 is 27.4. The van der Waals surface area contributed by atoms with Gasteiger partial charge in [0, 0.05) is 14.0 Å². The van der Waals surface area contributed by atoms with E-state index in [0.29, 0.717) is 0 Å².